The Morgan fingerprint density at radius 3 is 2.18 bits per heavy atom. The molecule has 0 radical (unpaired) electrons. The van der Waals surface area contributed by atoms with Crippen LogP contribution < -0.4 is 10.1 Å². The van der Waals surface area contributed by atoms with E-state index in [-0.39, 0.29) is 16.8 Å². The second-order valence-corrected chi connectivity index (χ2v) is 9.28. The summed E-state index contributed by atoms with van der Waals surface area (Å²) in [6.45, 7) is 7.86. The third-order valence-electron chi connectivity index (χ3n) is 4.65. The average Bonchev–Trinajstić information content (AvgIpc) is 2.65. The number of hydrogen-bond donors (Lipinski definition) is 1. The van der Waals surface area contributed by atoms with Crippen molar-refractivity contribution in [2.24, 2.45) is 0 Å². The van der Waals surface area contributed by atoms with Crippen molar-refractivity contribution in [3.05, 3.63) is 59.7 Å². The summed E-state index contributed by atoms with van der Waals surface area (Å²) in [6, 6.07) is 14.1. The highest BCUT2D eigenvalue weighted by Crippen LogP contribution is 2.27. The summed E-state index contributed by atoms with van der Waals surface area (Å²) in [5.41, 5.74) is 1.92. The van der Waals surface area contributed by atoms with Gasteiger partial charge in [0.2, 0.25) is 0 Å². The number of ether oxygens (including phenoxy) is 1. The SMILES string of the molecule is CC[C@H](NC(=O)[C@@H](C)Oc1ccccc1C(C)C)c1ccc(S(C)(=O)=O)cc1. The number of carbonyl (C=O) groups excluding carboxylic acids is 1. The topological polar surface area (TPSA) is 72.5 Å². The number of hydrogen-bond acceptors (Lipinski definition) is 4. The smallest absolute Gasteiger partial charge is 0.261 e. The molecule has 0 saturated carbocycles. The minimum Gasteiger partial charge on any atom is -0.481 e. The fraction of sp³-hybridized carbons (Fsp3) is 0.409. The Bertz CT molecular complexity index is 904. The molecule has 0 fully saturated rings. The number of amides is 1. The second kappa shape index (κ2) is 9.24. The van der Waals surface area contributed by atoms with Gasteiger partial charge in [0, 0.05) is 6.26 Å². The molecular formula is C22H29NO4S. The van der Waals surface area contributed by atoms with Gasteiger partial charge in [-0.25, -0.2) is 8.42 Å². The van der Waals surface area contributed by atoms with Crippen molar-refractivity contribution >= 4 is 15.7 Å². The summed E-state index contributed by atoms with van der Waals surface area (Å²) >= 11 is 0. The first-order chi connectivity index (χ1) is 13.1. The number of nitrogens with one attached hydrogen (secondary N) is 1. The Balaban J connectivity index is 2.09. The zero-order chi connectivity index (χ0) is 20.9. The summed E-state index contributed by atoms with van der Waals surface area (Å²) in [4.78, 5) is 12.9. The predicted octanol–water partition coefficient (Wildman–Crippen LogP) is 4.25. The Labute approximate surface area is 168 Å². The van der Waals surface area contributed by atoms with E-state index in [1.165, 1.54) is 6.26 Å². The highest BCUT2D eigenvalue weighted by molar-refractivity contribution is 7.90. The van der Waals surface area contributed by atoms with Crippen LogP contribution in [0.25, 0.3) is 0 Å². The van der Waals surface area contributed by atoms with E-state index in [1.54, 1.807) is 31.2 Å². The molecule has 2 rings (SSSR count). The summed E-state index contributed by atoms with van der Waals surface area (Å²) < 4.78 is 29.1. The largest absolute Gasteiger partial charge is 0.481 e. The van der Waals surface area contributed by atoms with Crippen LogP contribution in [0.5, 0.6) is 5.75 Å². The van der Waals surface area contributed by atoms with Crippen LogP contribution in [0.3, 0.4) is 0 Å². The van der Waals surface area contributed by atoms with Crippen LogP contribution in [0.15, 0.2) is 53.4 Å². The van der Waals surface area contributed by atoms with Gasteiger partial charge in [0.15, 0.2) is 15.9 Å². The first-order valence-corrected chi connectivity index (χ1v) is 11.4. The molecule has 0 aliphatic carbocycles. The number of benzene rings is 2. The van der Waals surface area contributed by atoms with Gasteiger partial charge in [-0.2, -0.15) is 0 Å². The minimum atomic E-state index is -3.24. The lowest BCUT2D eigenvalue weighted by Crippen LogP contribution is -2.38. The average molecular weight is 404 g/mol. The van der Waals surface area contributed by atoms with E-state index in [2.05, 4.69) is 19.2 Å². The van der Waals surface area contributed by atoms with Gasteiger partial charge in [0.1, 0.15) is 5.75 Å². The van der Waals surface area contributed by atoms with Crippen molar-refractivity contribution in [1.82, 2.24) is 5.32 Å². The van der Waals surface area contributed by atoms with Gasteiger partial charge in [-0.1, -0.05) is 51.1 Å². The van der Waals surface area contributed by atoms with Crippen molar-refractivity contribution in [3.8, 4) is 5.75 Å². The summed E-state index contributed by atoms with van der Waals surface area (Å²) in [6.07, 6.45) is 1.21. The predicted molar refractivity (Wildman–Crippen MR) is 111 cm³/mol. The molecule has 1 N–H and O–H groups in total. The van der Waals surface area contributed by atoms with Crippen LogP contribution in [0, 0.1) is 0 Å². The van der Waals surface area contributed by atoms with Gasteiger partial charge >= 0.3 is 0 Å². The molecule has 0 heterocycles. The van der Waals surface area contributed by atoms with E-state index < -0.39 is 15.9 Å². The monoisotopic (exact) mass is 403 g/mol. The highest BCUT2D eigenvalue weighted by Gasteiger charge is 2.21. The Morgan fingerprint density at radius 1 is 1.04 bits per heavy atom. The maximum atomic E-state index is 12.7. The van der Waals surface area contributed by atoms with Gasteiger partial charge in [-0.15, -0.1) is 0 Å². The highest BCUT2D eigenvalue weighted by atomic mass is 32.2. The third-order valence-corrected chi connectivity index (χ3v) is 5.78. The number of rotatable bonds is 8. The molecule has 1 amide bonds. The fourth-order valence-corrected chi connectivity index (χ4v) is 3.60. The van der Waals surface area contributed by atoms with E-state index >= 15 is 0 Å². The van der Waals surface area contributed by atoms with Crippen molar-refractivity contribution in [2.45, 2.75) is 57.1 Å². The lowest BCUT2D eigenvalue weighted by molar-refractivity contribution is -0.128. The van der Waals surface area contributed by atoms with Crippen molar-refractivity contribution in [3.63, 3.8) is 0 Å². The number of sulfone groups is 1. The van der Waals surface area contributed by atoms with Gasteiger partial charge < -0.3 is 10.1 Å². The van der Waals surface area contributed by atoms with Crippen LogP contribution in [-0.4, -0.2) is 26.7 Å². The van der Waals surface area contributed by atoms with Crippen molar-refractivity contribution < 1.29 is 17.9 Å². The van der Waals surface area contributed by atoms with Crippen molar-refractivity contribution in [1.29, 1.82) is 0 Å². The van der Waals surface area contributed by atoms with E-state index in [9.17, 15) is 13.2 Å². The van der Waals surface area contributed by atoms with Gasteiger partial charge in [0.05, 0.1) is 10.9 Å². The molecule has 0 spiro atoms. The van der Waals surface area contributed by atoms with Crippen LogP contribution >= 0.6 is 0 Å². The first kappa shape index (κ1) is 22.0. The van der Waals surface area contributed by atoms with E-state index in [1.807, 2.05) is 31.2 Å². The van der Waals surface area contributed by atoms with Crippen LogP contribution in [0.2, 0.25) is 0 Å². The Morgan fingerprint density at radius 2 is 1.64 bits per heavy atom. The van der Waals surface area contributed by atoms with Gasteiger partial charge in [-0.3, -0.25) is 4.79 Å². The van der Waals surface area contributed by atoms with Gasteiger partial charge in [-0.05, 0) is 48.6 Å². The third kappa shape index (κ3) is 5.58. The van der Waals surface area contributed by atoms with Crippen LogP contribution in [0.1, 0.15) is 57.2 Å². The molecule has 6 heteroatoms. The van der Waals surface area contributed by atoms with E-state index in [0.717, 1.165) is 11.1 Å². The maximum absolute atomic E-state index is 12.7. The second-order valence-electron chi connectivity index (χ2n) is 7.26. The minimum absolute atomic E-state index is 0.211. The molecule has 0 aromatic heterocycles. The molecule has 5 nitrogen and oxygen atoms in total. The maximum Gasteiger partial charge on any atom is 0.261 e. The molecule has 0 unspecified atom stereocenters. The molecule has 28 heavy (non-hydrogen) atoms. The molecule has 0 bridgehead atoms. The Hall–Kier alpha value is -2.34. The summed E-state index contributed by atoms with van der Waals surface area (Å²) in [5, 5.41) is 3.00. The molecule has 2 aromatic rings. The molecule has 0 aliphatic rings. The fourth-order valence-electron chi connectivity index (χ4n) is 2.97. The van der Waals surface area contributed by atoms with Gasteiger partial charge in [0.25, 0.3) is 5.91 Å². The number of para-hydroxylation sites is 1. The quantitative estimate of drug-likeness (QED) is 0.715. The number of carbonyl (C=O) groups is 1. The molecule has 2 atom stereocenters. The summed E-state index contributed by atoms with van der Waals surface area (Å²) in [5.74, 6) is 0.798. The molecule has 0 saturated heterocycles. The standard InChI is InChI=1S/C22H29NO4S/c1-6-20(17-11-13-18(14-12-17)28(5,25)26)23-22(24)16(4)27-21-10-8-7-9-19(21)15(2)3/h7-16,20H,6H2,1-5H3,(H,23,24)/t16-,20+/m1/s1. The van der Waals surface area contributed by atoms with E-state index in [0.29, 0.717) is 18.1 Å². The molecule has 0 aliphatic heterocycles. The first-order valence-electron chi connectivity index (χ1n) is 9.49. The van der Waals surface area contributed by atoms with Crippen LogP contribution in [-0.2, 0) is 14.6 Å². The lowest BCUT2D eigenvalue weighted by Gasteiger charge is -2.22. The van der Waals surface area contributed by atoms with E-state index in [4.69, 9.17) is 4.74 Å². The normalized spacial score (nSPS) is 13.8. The zero-order valence-corrected chi connectivity index (χ0v) is 17.9. The van der Waals surface area contributed by atoms with Crippen molar-refractivity contribution in [2.75, 3.05) is 6.26 Å². The summed E-state index contributed by atoms with van der Waals surface area (Å²) in [7, 11) is -3.24. The molecule has 2 aromatic carbocycles. The Kier molecular flexibility index (Phi) is 7.24. The lowest BCUT2D eigenvalue weighted by atomic mass is 10.0. The molecule has 152 valence electrons. The zero-order valence-electron chi connectivity index (χ0n) is 17.1. The molecular weight excluding hydrogens is 374 g/mol. The van der Waals surface area contributed by atoms with Crippen LogP contribution in [0.4, 0.5) is 0 Å².